The lowest BCUT2D eigenvalue weighted by Gasteiger charge is -2.18. The van der Waals surface area contributed by atoms with Gasteiger partial charge < -0.3 is 19.9 Å². The van der Waals surface area contributed by atoms with E-state index in [2.05, 4.69) is 26.1 Å². The SMILES string of the molecule is CC(C)CC(C)OCC(O)CNCCOCC1CC1. The maximum absolute atomic E-state index is 9.76. The van der Waals surface area contributed by atoms with Gasteiger partial charge >= 0.3 is 0 Å². The van der Waals surface area contributed by atoms with Gasteiger partial charge in [0, 0.05) is 19.7 Å². The highest BCUT2D eigenvalue weighted by Crippen LogP contribution is 2.28. The molecular formula is C15H31NO3. The summed E-state index contributed by atoms with van der Waals surface area (Å²) < 4.78 is 11.1. The van der Waals surface area contributed by atoms with Crippen molar-refractivity contribution in [2.24, 2.45) is 11.8 Å². The van der Waals surface area contributed by atoms with E-state index >= 15 is 0 Å². The van der Waals surface area contributed by atoms with Crippen molar-refractivity contribution in [2.45, 2.75) is 52.2 Å². The molecule has 114 valence electrons. The van der Waals surface area contributed by atoms with Crippen LogP contribution in [0.15, 0.2) is 0 Å². The molecule has 1 aliphatic rings. The van der Waals surface area contributed by atoms with Gasteiger partial charge in [0.2, 0.25) is 0 Å². The highest BCUT2D eigenvalue weighted by atomic mass is 16.5. The van der Waals surface area contributed by atoms with E-state index in [1.807, 2.05) is 0 Å². The summed E-state index contributed by atoms with van der Waals surface area (Å²) in [5.41, 5.74) is 0. The lowest BCUT2D eigenvalue weighted by atomic mass is 10.1. The van der Waals surface area contributed by atoms with Crippen LogP contribution in [-0.4, -0.2) is 50.2 Å². The summed E-state index contributed by atoms with van der Waals surface area (Å²) in [5, 5.41) is 12.9. The van der Waals surface area contributed by atoms with Gasteiger partial charge in [-0.1, -0.05) is 13.8 Å². The molecule has 0 amide bonds. The average Bonchev–Trinajstić information content (AvgIpc) is 3.14. The lowest BCUT2D eigenvalue weighted by Crippen LogP contribution is -2.33. The molecule has 1 rings (SSSR count). The third-order valence-electron chi connectivity index (χ3n) is 3.23. The van der Waals surface area contributed by atoms with Crippen LogP contribution in [0.4, 0.5) is 0 Å². The van der Waals surface area contributed by atoms with Crippen LogP contribution in [-0.2, 0) is 9.47 Å². The first-order valence-electron chi connectivity index (χ1n) is 7.66. The van der Waals surface area contributed by atoms with E-state index < -0.39 is 6.10 Å². The highest BCUT2D eigenvalue weighted by molar-refractivity contribution is 4.72. The zero-order chi connectivity index (χ0) is 14.1. The van der Waals surface area contributed by atoms with Crippen LogP contribution in [0.3, 0.4) is 0 Å². The predicted octanol–water partition coefficient (Wildman–Crippen LogP) is 1.81. The molecule has 19 heavy (non-hydrogen) atoms. The lowest BCUT2D eigenvalue weighted by molar-refractivity contribution is -0.00899. The molecule has 1 aliphatic carbocycles. The largest absolute Gasteiger partial charge is 0.389 e. The maximum atomic E-state index is 9.76. The number of nitrogens with one attached hydrogen (secondary N) is 1. The summed E-state index contributed by atoms with van der Waals surface area (Å²) in [6.45, 7) is 9.83. The Hall–Kier alpha value is -0.160. The quantitative estimate of drug-likeness (QED) is 0.533. The number of hydrogen-bond acceptors (Lipinski definition) is 4. The second-order valence-corrected chi connectivity index (χ2v) is 6.15. The van der Waals surface area contributed by atoms with Crippen LogP contribution in [0.5, 0.6) is 0 Å². The second-order valence-electron chi connectivity index (χ2n) is 6.15. The van der Waals surface area contributed by atoms with Crippen LogP contribution in [0.25, 0.3) is 0 Å². The van der Waals surface area contributed by atoms with Gasteiger partial charge in [0.05, 0.1) is 25.4 Å². The number of aliphatic hydroxyl groups excluding tert-OH is 1. The van der Waals surface area contributed by atoms with Crippen molar-refractivity contribution in [1.82, 2.24) is 5.32 Å². The van der Waals surface area contributed by atoms with Gasteiger partial charge in [0.15, 0.2) is 0 Å². The van der Waals surface area contributed by atoms with Gasteiger partial charge in [-0.05, 0) is 38.0 Å². The van der Waals surface area contributed by atoms with Crippen LogP contribution in [0.1, 0.15) is 40.0 Å². The number of ether oxygens (including phenoxy) is 2. The Kier molecular flexibility index (Phi) is 8.62. The van der Waals surface area contributed by atoms with Crippen LogP contribution >= 0.6 is 0 Å². The monoisotopic (exact) mass is 273 g/mol. The van der Waals surface area contributed by atoms with Crippen LogP contribution in [0.2, 0.25) is 0 Å². The molecule has 0 aliphatic heterocycles. The molecule has 0 saturated heterocycles. The first-order valence-corrected chi connectivity index (χ1v) is 7.66. The Labute approximate surface area is 117 Å². The molecule has 0 aromatic carbocycles. The zero-order valence-corrected chi connectivity index (χ0v) is 12.7. The smallest absolute Gasteiger partial charge is 0.0897 e. The zero-order valence-electron chi connectivity index (χ0n) is 12.7. The van der Waals surface area contributed by atoms with E-state index in [1.165, 1.54) is 12.8 Å². The third kappa shape index (κ3) is 10.3. The van der Waals surface area contributed by atoms with E-state index in [1.54, 1.807) is 0 Å². The van der Waals surface area contributed by atoms with E-state index in [4.69, 9.17) is 9.47 Å². The van der Waals surface area contributed by atoms with E-state index in [-0.39, 0.29) is 6.10 Å². The van der Waals surface area contributed by atoms with Crippen molar-refractivity contribution < 1.29 is 14.6 Å². The predicted molar refractivity (Wildman–Crippen MR) is 77.3 cm³/mol. The fraction of sp³-hybridized carbons (Fsp3) is 1.00. The molecule has 0 spiro atoms. The van der Waals surface area contributed by atoms with Crippen LogP contribution in [0, 0.1) is 11.8 Å². The van der Waals surface area contributed by atoms with Gasteiger partial charge in [0.1, 0.15) is 0 Å². The third-order valence-corrected chi connectivity index (χ3v) is 3.23. The molecule has 0 heterocycles. The topological polar surface area (TPSA) is 50.7 Å². The van der Waals surface area contributed by atoms with Crippen molar-refractivity contribution >= 4 is 0 Å². The Morgan fingerprint density at radius 3 is 2.63 bits per heavy atom. The summed E-state index contributed by atoms with van der Waals surface area (Å²) in [4.78, 5) is 0. The molecule has 1 saturated carbocycles. The minimum Gasteiger partial charge on any atom is -0.389 e. The number of aliphatic hydroxyl groups is 1. The molecule has 2 atom stereocenters. The highest BCUT2D eigenvalue weighted by Gasteiger charge is 2.20. The van der Waals surface area contributed by atoms with Gasteiger partial charge in [-0.2, -0.15) is 0 Å². The fourth-order valence-electron chi connectivity index (χ4n) is 2.01. The van der Waals surface area contributed by atoms with Crippen molar-refractivity contribution in [3.05, 3.63) is 0 Å². The van der Waals surface area contributed by atoms with Gasteiger partial charge in [-0.25, -0.2) is 0 Å². The Balaban J connectivity index is 1.84. The summed E-state index contributed by atoms with van der Waals surface area (Å²) >= 11 is 0. The van der Waals surface area contributed by atoms with Gasteiger partial charge in [-0.3, -0.25) is 0 Å². The Morgan fingerprint density at radius 1 is 1.26 bits per heavy atom. The van der Waals surface area contributed by atoms with Crippen molar-refractivity contribution in [3.63, 3.8) is 0 Å². The Bertz CT molecular complexity index is 219. The molecule has 0 aromatic heterocycles. The summed E-state index contributed by atoms with van der Waals surface area (Å²) in [7, 11) is 0. The van der Waals surface area contributed by atoms with Gasteiger partial charge in [0.25, 0.3) is 0 Å². The fourth-order valence-corrected chi connectivity index (χ4v) is 2.01. The molecular weight excluding hydrogens is 242 g/mol. The van der Waals surface area contributed by atoms with E-state index in [0.717, 1.165) is 32.1 Å². The average molecular weight is 273 g/mol. The number of rotatable bonds is 12. The normalized spacial score (nSPS) is 18.8. The number of hydrogen-bond donors (Lipinski definition) is 2. The molecule has 2 unspecified atom stereocenters. The summed E-state index contributed by atoms with van der Waals surface area (Å²) in [6, 6.07) is 0. The van der Waals surface area contributed by atoms with E-state index in [0.29, 0.717) is 19.1 Å². The minimum atomic E-state index is -0.432. The van der Waals surface area contributed by atoms with Gasteiger partial charge in [-0.15, -0.1) is 0 Å². The first kappa shape index (κ1) is 16.9. The first-order chi connectivity index (χ1) is 9.08. The molecule has 4 nitrogen and oxygen atoms in total. The summed E-state index contributed by atoms with van der Waals surface area (Å²) in [6.07, 6.45) is 3.49. The molecule has 1 fully saturated rings. The van der Waals surface area contributed by atoms with E-state index in [9.17, 15) is 5.11 Å². The second kappa shape index (κ2) is 9.70. The molecule has 2 N–H and O–H groups in total. The molecule has 0 radical (unpaired) electrons. The molecule has 0 aromatic rings. The Morgan fingerprint density at radius 2 is 2.00 bits per heavy atom. The van der Waals surface area contributed by atoms with Crippen molar-refractivity contribution in [1.29, 1.82) is 0 Å². The van der Waals surface area contributed by atoms with Crippen molar-refractivity contribution in [2.75, 3.05) is 32.9 Å². The summed E-state index contributed by atoms with van der Waals surface area (Å²) in [5.74, 6) is 1.45. The van der Waals surface area contributed by atoms with Crippen molar-refractivity contribution in [3.8, 4) is 0 Å². The molecule has 4 heteroatoms. The molecule has 0 bridgehead atoms. The van der Waals surface area contributed by atoms with Crippen LogP contribution < -0.4 is 5.32 Å². The minimum absolute atomic E-state index is 0.219. The standard InChI is InChI=1S/C15H31NO3/c1-12(2)8-13(3)19-11-15(17)9-16-6-7-18-10-14-4-5-14/h12-17H,4-11H2,1-3H3. The maximum Gasteiger partial charge on any atom is 0.0897 e.